The summed E-state index contributed by atoms with van der Waals surface area (Å²) < 4.78 is 1.91. The van der Waals surface area contributed by atoms with E-state index in [4.69, 9.17) is 0 Å². The van der Waals surface area contributed by atoms with Gasteiger partial charge in [-0.15, -0.1) is 22.7 Å². The number of nitrogens with zero attached hydrogens (tertiary/aromatic N) is 1. The minimum absolute atomic E-state index is 0.718. The number of thiazole rings is 1. The molecule has 0 radical (unpaired) electrons. The van der Waals surface area contributed by atoms with Gasteiger partial charge in [0.05, 0.1) is 10.4 Å². The van der Waals surface area contributed by atoms with E-state index in [0.717, 1.165) is 14.4 Å². The van der Waals surface area contributed by atoms with Gasteiger partial charge < -0.3 is 5.11 Å². The third kappa shape index (κ3) is 1.91. The Kier molecular flexibility index (Phi) is 3.02. The van der Waals surface area contributed by atoms with Gasteiger partial charge in [-0.05, 0) is 40.4 Å². The molecule has 1 aromatic carbocycles. The van der Waals surface area contributed by atoms with E-state index in [-0.39, 0.29) is 0 Å². The van der Waals surface area contributed by atoms with E-state index >= 15 is 0 Å². The van der Waals surface area contributed by atoms with Crippen molar-refractivity contribution in [1.29, 1.82) is 0 Å². The highest BCUT2D eigenvalue weighted by atomic mass is 79.9. The fourth-order valence-corrected chi connectivity index (χ4v) is 4.72. The van der Waals surface area contributed by atoms with Crippen molar-refractivity contribution in [3.8, 4) is 0 Å². The number of aliphatic hydroxyl groups is 1. The predicted molar refractivity (Wildman–Crippen MR) is 80.3 cm³/mol. The van der Waals surface area contributed by atoms with E-state index in [0.29, 0.717) is 0 Å². The Morgan fingerprint density at radius 3 is 2.78 bits per heavy atom. The maximum atomic E-state index is 10.8. The van der Waals surface area contributed by atoms with Crippen molar-refractivity contribution >= 4 is 48.7 Å². The van der Waals surface area contributed by atoms with E-state index in [1.54, 1.807) is 16.8 Å². The zero-order chi connectivity index (χ0) is 12.8. The molecule has 0 amide bonds. The second-order valence-electron chi connectivity index (χ2n) is 4.19. The summed E-state index contributed by atoms with van der Waals surface area (Å²) in [5.74, 6) is 0. The Balaban J connectivity index is 2.16. The van der Waals surface area contributed by atoms with Crippen LogP contribution in [-0.4, -0.2) is 10.1 Å². The molecule has 3 aromatic rings. The molecule has 0 aliphatic heterocycles. The number of benzene rings is 1. The number of halogens is 1. The topological polar surface area (TPSA) is 33.1 Å². The molecule has 1 unspecified atom stereocenters. The lowest BCUT2D eigenvalue weighted by atomic mass is 10.0. The highest BCUT2D eigenvalue weighted by Crippen LogP contribution is 2.41. The molecule has 2 aromatic heterocycles. The van der Waals surface area contributed by atoms with Crippen molar-refractivity contribution < 1.29 is 5.11 Å². The third-order valence-corrected chi connectivity index (χ3v) is 6.10. The van der Waals surface area contributed by atoms with Crippen LogP contribution in [0.5, 0.6) is 0 Å². The molecule has 18 heavy (non-hydrogen) atoms. The molecule has 92 valence electrons. The fraction of sp³-hybridized carbons (Fsp3) is 0.154. The summed E-state index contributed by atoms with van der Waals surface area (Å²) in [4.78, 5) is 5.92. The van der Waals surface area contributed by atoms with Gasteiger partial charge in [0, 0.05) is 9.58 Å². The first-order valence-electron chi connectivity index (χ1n) is 5.40. The minimum atomic E-state index is -0.996. The molecule has 0 aliphatic rings. The Hall–Kier alpha value is -0.750. The Bertz CT molecular complexity index is 669. The number of thiophene rings is 1. The number of hydrogen-bond donors (Lipinski definition) is 1. The summed E-state index contributed by atoms with van der Waals surface area (Å²) >= 11 is 6.47. The smallest absolute Gasteiger partial charge is 0.133 e. The van der Waals surface area contributed by atoms with Gasteiger partial charge in [-0.1, -0.05) is 18.2 Å². The normalized spacial score (nSPS) is 14.8. The lowest BCUT2D eigenvalue weighted by Crippen LogP contribution is -2.20. The molecule has 0 aliphatic carbocycles. The monoisotopic (exact) mass is 339 g/mol. The second kappa shape index (κ2) is 4.42. The number of fused-ring (bicyclic) bond motifs is 1. The Morgan fingerprint density at radius 2 is 2.11 bits per heavy atom. The average Bonchev–Trinajstić information content (AvgIpc) is 2.94. The molecule has 0 bridgehead atoms. The summed E-state index contributed by atoms with van der Waals surface area (Å²) in [5.41, 5.74) is 0.741. The van der Waals surface area contributed by atoms with E-state index < -0.39 is 5.60 Å². The van der Waals surface area contributed by atoms with Crippen molar-refractivity contribution in [2.24, 2.45) is 0 Å². The zero-order valence-electron chi connectivity index (χ0n) is 9.55. The molecule has 1 N–H and O–H groups in total. The van der Waals surface area contributed by atoms with Crippen LogP contribution < -0.4 is 0 Å². The van der Waals surface area contributed by atoms with Gasteiger partial charge in [0.2, 0.25) is 0 Å². The molecule has 0 spiro atoms. The van der Waals surface area contributed by atoms with Crippen LogP contribution >= 0.6 is 38.6 Å². The van der Waals surface area contributed by atoms with Crippen LogP contribution in [0.4, 0.5) is 0 Å². The van der Waals surface area contributed by atoms with Crippen molar-refractivity contribution in [2.45, 2.75) is 12.5 Å². The van der Waals surface area contributed by atoms with Crippen LogP contribution in [-0.2, 0) is 5.60 Å². The van der Waals surface area contributed by atoms with Crippen LogP contribution in [0.25, 0.3) is 10.1 Å². The average molecular weight is 340 g/mol. The van der Waals surface area contributed by atoms with Gasteiger partial charge in [0.15, 0.2) is 0 Å². The molecule has 0 fully saturated rings. The summed E-state index contributed by atoms with van der Waals surface area (Å²) in [6.07, 6.45) is 0. The highest BCUT2D eigenvalue weighted by molar-refractivity contribution is 9.10. The number of rotatable bonds is 2. The van der Waals surface area contributed by atoms with Gasteiger partial charge in [0.1, 0.15) is 10.2 Å². The zero-order valence-corrected chi connectivity index (χ0v) is 12.8. The van der Waals surface area contributed by atoms with Crippen molar-refractivity contribution in [2.75, 3.05) is 0 Å². The lowest BCUT2D eigenvalue weighted by molar-refractivity contribution is 0.109. The maximum Gasteiger partial charge on any atom is 0.133 e. The molecule has 0 saturated heterocycles. The molecule has 2 nitrogen and oxygen atoms in total. The van der Waals surface area contributed by atoms with Crippen LogP contribution in [0.3, 0.4) is 0 Å². The molecular formula is C13H10BrNOS2. The number of hydrogen-bond acceptors (Lipinski definition) is 4. The Morgan fingerprint density at radius 1 is 1.33 bits per heavy atom. The second-order valence-corrected chi connectivity index (χ2v) is 6.88. The summed E-state index contributed by atoms with van der Waals surface area (Å²) in [5, 5.41) is 11.9. The molecule has 3 rings (SSSR count). The molecule has 0 saturated carbocycles. The first-order chi connectivity index (χ1) is 8.59. The van der Waals surface area contributed by atoms with Gasteiger partial charge in [0.25, 0.3) is 0 Å². The summed E-state index contributed by atoms with van der Waals surface area (Å²) in [7, 11) is 0. The van der Waals surface area contributed by atoms with Crippen LogP contribution in [0.2, 0.25) is 0 Å². The van der Waals surface area contributed by atoms with Crippen LogP contribution in [0, 0.1) is 0 Å². The minimum Gasteiger partial charge on any atom is -0.379 e. The van der Waals surface area contributed by atoms with E-state index in [2.05, 4.69) is 33.0 Å². The Labute approximate surface area is 121 Å². The van der Waals surface area contributed by atoms with Crippen molar-refractivity contribution in [3.63, 3.8) is 0 Å². The number of aromatic nitrogens is 1. The van der Waals surface area contributed by atoms with E-state index in [9.17, 15) is 5.11 Å². The predicted octanol–water partition coefficient (Wildman–Crippen LogP) is 4.38. The van der Waals surface area contributed by atoms with E-state index in [1.165, 1.54) is 21.4 Å². The standard InChI is InChI=1S/C13H10BrNOS2/c1-13(16,11-12(14)15-7-17-11)10-6-8-4-2-3-5-9(8)18-10/h2-7,16H,1H3. The van der Waals surface area contributed by atoms with Gasteiger partial charge in [-0.25, -0.2) is 4.98 Å². The first-order valence-corrected chi connectivity index (χ1v) is 7.89. The SMILES string of the molecule is CC(O)(c1cc2ccccc2s1)c1scnc1Br. The summed E-state index contributed by atoms with van der Waals surface area (Å²) in [6.45, 7) is 1.82. The summed E-state index contributed by atoms with van der Waals surface area (Å²) in [6, 6.07) is 10.2. The van der Waals surface area contributed by atoms with Crippen molar-refractivity contribution in [3.05, 3.63) is 50.2 Å². The first kappa shape index (κ1) is 12.3. The van der Waals surface area contributed by atoms with Crippen LogP contribution in [0.15, 0.2) is 40.4 Å². The molecule has 2 heterocycles. The van der Waals surface area contributed by atoms with Gasteiger partial charge >= 0.3 is 0 Å². The van der Waals surface area contributed by atoms with Crippen molar-refractivity contribution in [1.82, 2.24) is 4.98 Å². The van der Waals surface area contributed by atoms with Crippen LogP contribution in [0.1, 0.15) is 16.7 Å². The molecule has 1 atom stereocenters. The lowest BCUT2D eigenvalue weighted by Gasteiger charge is -2.20. The quantitative estimate of drug-likeness (QED) is 0.751. The van der Waals surface area contributed by atoms with Gasteiger partial charge in [-0.3, -0.25) is 0 Å². The van der Waals surface area contributed by atoms with E-state index in [1.807, 2.05) is 25.1 Å². The molecule has 5 heteroatoms. The van der Waals surface area contributed by atoms with Gasteiger partial charge in [-0.2, -0.15) is 0 Å². The molecular weight excluding hydrogens is 330 g/mol. The highest BCUT2D eigenvalue weighted by Gasteiger charge is 2.31. The fourth-order valence-electron chi connectivity index (χ4n) is 1.88. The largest absolute Gasteiger partial charge is 0.379 e. The maximum absolute atomic E-state index is 10.8. The third-order valence-electron chi connectivity index (χ3n) is 2.87.